The Morgan fingerprint density at radius 3 is 2.82 bits per heavy atom. The number of amides is 1. The number of hydrogen-bond acceptors (Lipinski definition) is 4. The van der Waals surface area contributed by atoms with Gasteiger partial charge in [0.2, 0.25) is 5.91 Å². The molecule has 7 heteroatoms. The molecule has 3 rings (SSSR count). The molecule has 1 aromatic carbocycles. The van der Waals surface area contributed by atoms with Crippen molar-refractivity contribution in [3.05, 3.63) is 67.6 Å². The lowest BCUT2D eigenvalue weighted by atomic mass is 9.98. The van der Waals surface area contributed by atoms with E-state index in [1.807, 2.05) is 35.2 Å². The third-order valence-electron chi connectivity index (χ3n) is 5.34. The van der Waals surface area contributed by atoms with Crippen LogP contribution >= 0.6 is 11.6 Å². The molecule has 1 aliphatic heterocycles. The molecule has 2 aromatic rings. The number of aromatic amines is 1. The Bertz CT molecular complexity index is 993. The van der Waals surface area contributed by atoms with Gasteiger partial charge in [-0.15, -0.1) is 0 Å². The number of hydrogen-bond donors (Lipinski definition) is 2. The molecule has 1 atom stereocenters. The zero-order valence-electron chi connectivity index (χ0n) is 16.0. The van der Waals surface area contributed by atoms with Gasteiger partial charge in [0.15, 0.2) is 0 Å². The number of nitriles is 1. The molecule has 2 N–H and O–H groups in total. The first-order chi connectivity index (χ1) is 13.4. The molecule has 2 heterocycles. The maximum absolute atomic E-state index is 13.0. The first kappa shape index (κ1) is 20.1. The van der Waals surface area contributed by atoms with Crippen molar-refractivity contribution in [1.29, 1.82) is 5.26 Å². The van der Waals surface area contributed by atoms with E-state index < -0.39 is 0 Å². The summed E-state index contributed by atoms with van der Waals surface area (Å²) in [6, 6.07) is 9.44. The number of nitrogens with one attached hydrogen (secondary N) is 2. The quantitative estimate of drug-likeness (QED) is 0.828. The van der Waals surface area contributed by atoms with Crippen LogP contribution in [0.25, 0.3) is 0 Å². The van der Waals surface area contributed by atoms with E-state index >= 15 is 0 Å². The van der Waals surface area contributed by atoms with Crippen molar-refractivity contribution in [2.75, 3.05) is 19.6 Å². The van der Waals surface area contributed by atoms with E-state index in [9.17, 15) is 14.9 Å². The molecular weight excluding hydrogens is 376 g/mol. The number of benzene rings is 1. The number of H-pyrrole nitrogens is 1. The maximum Gasteiger partial charge on any atom is 0.266 e. The molecule has 0 spiro atoms. The predicted octanol–water partition coefficient (Wildman–Crippen LogP) is 2.62. The Hall–Kier alpha value is -2.62. The van der Waals surface area contributed by atoms with Crippen LogP contribution in [0.15, 0.2) is 29.1 Å². The summed E-state index contributed by atoms with van der Waals surface area (Å²) in [4.78, 5) is 29.5. The Kier molecular flexibility index (Phi) is 6.18. The lowest BCUT2D eigenvalue weighted by Gasteiger charge is -2.37. The second kappa shape index (κ2) is 8.59. The van der Waals surface area contributed by atoms with Crippen molar-refractivity contribution in [2.24, 2.45) is 0 Å². The number of piperazine rings is 1. The molecule has 1 aromatic heterocycles. The average Bonchev–Trinajstić information content (AvgIpc) is 2.68. The third kappa shape index (κ3) is 3.96. The van der Waals surface area contributed by atoms with Gasteiger partial charge in [-0.1, -0.05) is 29.8 Å². The molecule has 28 heavy (non-hydrogen) atoms. The zero-order valence-corrected chi connectivity index (χ0v) is 16.8. The Balaban J connectivity index is 1.80. The molecule has 0 radical (unpaired) electrons. The second-order valence-corrected chi connectivity index (χ2v) is 7.41. The predicted molar refractivity (Wildman–Crippen MR) is 108 cm³/mol. The van der Waals surface area contributed by atoms with Gasteiger partial charge < -0.3 is 15.2 Å². The summed E-state index contributed by atoms with van der Waals surface area (Å²) in [5, 5.41) is 13.2. The lowest BCUT2D eigenvalue weighted by molar-refractivity contribution is -0.134. The van der Waals surface area contributed by atoms with Crippen molar-refractivity contribution < 1.29 is 4.79 Å². The highest BCUT2D eigenvalue weighted by Crippen LogP contribution is 2.29. The number of aromatic nitrogens is 1. The Labute approximate surface area is 169 Å². The van der Waals surface area contributed by atoms with Crippen LogP contribution in [-0.2, 0) is 11.2 Å². The van der Waals surface area contributed by atoms with Gasteiger partial charge in [0.1, 0.15) is 11.6 Å². The van der Waals surface area contributed by atoms with E-state index in [1.54, 1.807) is 13.8 Å². The van der Waals surface area contributed by atoms with Gasteiger partial charge in [-0.2, -0.15) is 5.26 Å². The highest BCUT2D eigenvalue weighted by Gasteiger charge is 2.29. The molecule has 1 aliphatic rings. The molecule has 1 unspecified atom stereocenters. The largest absolute Gasteiger partial charge is 0.333 e. The van der Waals surface area contributed by atoms with Crippen molar-refractivity contribution in [1.82, 2.24) is 15.2 Å². The number of pyridine rings is 1. The summed E-state index contributed by atoms with van der Waals surface area (Å²) >= 11 is 6.36. The molecule has 0 saturated carbocycles. The molecule has 1 saturated heterocycles. The van der Waals surface area contributed by atoms with Crippen LogP contribution in [-0.4, -0.2) is 35.4 Å². The number of halogens is 1. The second-order valence-electron chi connectivity index (χ2n) is 7.00. The minimum atomic E-state index is -0.381. The zero-order chi connectivity index (χ0) is 20.3. The molecule has 0 aliphatic carbocycles. The average molecular weight is 399 g/mol. The minimum absolute atomic E-state index is 0.0370. The monoisotopic (exact) mass is 398 g/mol. The van der Waals surface area contributed by atoms with E-state index in [4.69, 9.17) is 11.6 Å². The van der Waals surface area contributed by atoms with Crippen molar-refractivity contribution in [3.8, 4) is 6.07 Å². The van der Waals surface area contributed by atoms with E-state index in [1.165, 1.54) is 0 Å². The minimum Gasteiger partial charge on any atom is -0.333 e. The standard InChI is InChI=1S/C21H23ClN4O2/c1-13-15(14(2)25-21(28)17(13)11-23)7-8-20(27)26-10-9-24-12-19(26)16-5-3-4-6-18(16)22/h3-6,19,24H,7-10,12H2,1-2H3,(H,25,28). The van der Waals surface area contributed by atoms with Crippen LogP contribution in [0, 0.1) is 25.2 Å². The number of carbonyl (C=O) groups excluding carboxylic acids is 1. The Morgan fingerprint density at radius 1 is 1.36 bits per heavy atom. The highest BCUT2D eigenvalue weighted by atomic mass is 35.5. The van der Waals surface area contributed by atoms with Crippen LogP contribution in [0.4, 0.5) is 0 Å². The van der Waals surface area contributed by atoms with Gasteiger partial charge in [0.05, 0.1) is 6.04 Å². The third-order valence-corrected chi connectivity index (χ3v) is 5.68. The van der Waals surface area contributed by atoms with Gasteiger partial charge in [-0.05, 0) is 43.0 Å². The van der Waals surface area contributed by atoms with Gasteiger partial charge in [0, 0.05) is 36.8 Å². The molecular formula is C21H23ClN4O2. The van der Waals surface area contributed by atoms with Gasteiger partial charge >= 0.3 is 0 Å². The first-order valence-electron chi connectivity index (χ1n) is 9.31. The summed E-state index contributed by atoms with van der Waals surface area (Å²) in [6.07, 6.45) is 0.778. The van der Waals surface area contributed by atoms with Crippen molar-refractivity contribution in [3.63, 3.8) is 0 Å². The fourth-order valence-corrected chi connectivity index (χ4v) is 4.08. The summed E-state index contributed by atoms with van der Waals surface area (Å²) in [5.41, 5.74) is 2.89. The maximum atomic E-state index is 13.0. The highest BCUT2D eigenvalue weighted by molar-refractivity contribution is 6.31. The summed E-state index contributed by atoms with van der Waals surface area (Å²) in [6.45, 7) is 5.57. The number of carbonyl (C=O) groups is 1. The van der Waals surface area contributed by atoms with E-state index in [0.29, 0.717) is 42.2 Å². The van der Waals surface area contributed by atoms with Crippen LogP contribution in [0.1, 0.15) is 40.4 Å². The van der Waals surface area contributed by atoms with Crippen molar-refractivity contribution in [2.45, 2.75) is 32.7 Å². The van der Waals surface area contributed by atoms with Gasteiger partial charge in [0.25, 0.3) is 5.56 Å². The summed E-state index contributed by atoms with van der Waals surface area (Å²) in [7, 11) is 0. The summed E-state index contributed by atoms with van der Waals surface area (Å²) < 4.78 is 0. The molecule has 6 nitrogen and oxygen atoms in total. The number of rotatable bonds is 4. The van der Waals surface area contributed by atoms with E-state index in [2.05, 4.69) is 10.3 Å². The SMILES string of the molecule is Cc1[nH]c(=O)c(C#N)c(C)c1CCC(=O)N1CCNCC1c1ccccc1Cl. The van der Waals surface area contributed by atoms with Gasteiger partial charge in [-0.3, -0.25) is 9.59 Å². The number of nitrogens with zero attached hydrogens (tertiary/aromatic N) is 2. The molecule has 0 bridgehead atoms. The van der Waals surface area contributed by atoms with E-state index in [-0.39, 0.29) is 23.1 Å². The van der Waals surface area contributed by atoms with Crippen molar-refractivity contribution >= 4 is 17.5 Å². The first-order valence-corrected chi connectivity index (χ1v) is 9.69. The lowest BCUT2D eigenvalue weighted by Crippen LogP contribution is -2.48. The fraction of sp³-hybridized carbons (Fsp3) is 0.381. The fourth-order valence-electron chi connectivity index (χ4n) is 3.82. The van der Waals surface area contributed by atoms with Gasteiger partial charge in [-0.25, -0.2) is 0 Å². The van der Waals surface area contributed by atoms with E-state index in [0.717, 1.165) is 17.7 Å². The Morgan fingerprint density at radius 2 is 2.11 bits per heavy atom. The molecule has 1 fully saturated rings. The topological polar surface area (TPSA) is 89.0 Å². The molecule has 146 valence electrons. The van der Waals surface area contributed by atoms with Crippen LogP contribution in [0.5, 0.6) is 0 Å². The smallest absolute Gasteiger partial charge is 0.266 e. The summed E-state index contributed by atoms with van der Waals surface area (Å²) in [5.74, 6) is 0.0370. The normalized spacial score (nSPS) is 16.6. The number of aryl methyl sites for hydroxylation is 1. The van der Waals surface area contributed by atoms with Crippen LogP contribution in [0.2, 0.25) is 5.02 Å². The van der Waals surface area contributed by atoms with Crippen LogP contribution in [0.3, 0.4) is 0 Å². The molecule has 1 amide bonds. The van der Waals surface area contributed by atoms with Crippen LogP contribution < -0.4 is 10.9 Å².